The maximum absolute atomic E-state index is 12.2. The van der Waals surface area contributed by atoms with Gasteiger partial charge in [-0.3, -0.25) is 14.5 Å². The van der Waals surface area contributed by atoms with Gasteiger partial charge in [0.1, 0.15) is 12.0 Å². The first-order chi connectivity index (χ1) is 23.3. The van der Waals surface area contributed by atoms with Crippen LogP contribution in [0.1, 0.15) is 125 Å². The molecule has 0 bridgehead atoms. The van der Waals surface area contributed by atoms with Gasteiger partial charge in [0.25, 0.3) is 0 Å². The number of hydrazone groups is 1. The highest BCUT2D eigenvalue weighted by Crippen LogP contribution is 2.32. The van der Waals surface area contributed by atoms with Crippen molar-refractivity contribution in [1.82, 2.24) is 14.9 Å². The zero-order chi connectivity index (χ0) is 35.7. The summed E-state index contributed by atoms with van der Waals surface area (Å²) in [5.74, 6) is 0.660. The molecule has 3 aromatic rings. The Morgan fingerprint density at radius 1 is 1.00 bits per heavy atom. The highest BCUT2D eigenvalue weighted by Gasteiger charge is 2.24. The van der Waals surface area contributed by atoms with Crippen LogP contribution in [0.4, 0.5) is 0 Å². The van der Waals surface area contributed by atoms with E-state index < -0.39 is 0 Å². The van der Waals surface area contributed by atoms with Crippen molar-refractivity contribution < 1.29 is 9.59 Å². The van der Waals surface area contributed by atoms with Gasteiger partial charge in [0, 0.05) is 37.1 Å². The maximum atomic E-state index is 12.2. The number of nitrogens with one attached hydrogen (secondary N) is 1. The average molecular weight is 658 g/mol. The molecule has 1 fully saturated rings. The predicted octanol–water partition coefficient (Wildman–Crippen LogP) is 9.01. The average Bonchev–Trinajstić information content (AvgIpc) is 3.50. The molecule has 4 rings (SSSR count). The Balaban J connectivity index is 0.000000515. The molecule has 1 saturated heterocycles. The number of allylic oxidation sites excluding steroid dienone is 1. The van der Waals surface area contributed by atoms with E-state index >= 15 is 0 Å². The van der Waals surface area contributed by atoms with Crippen molar-refractivity contribution >= 4 is 18.4 Å². The van der Waals surface area contributed by atoms with E-state index in [0.29, 0.717) is 29.1 Å². The highest BCUT2D eigenvalue weighted by atomic mass is 16.1. The quantitative estimate of drug-likeness (QED) is 0.0425. The van der Waals surface area contributed by atoms with Gasteiger partial charge < -0.3 is 15.7 Å². The van der Waals surface area contributed by atoms with Gasteiger partial charge in [-0.25, -0.2) is 0 Å². The molecule has 264 valence electrons. The summed E-state index contributed by atoms with van der Waals surface area (Å²) >= 11 is 0. The molecule has 2 heterocycles. The van der Waals surface area contributed by atoms with Crippen LogP contribution in [0.3, 0.4) is 0 Å². The summed E-state index contributed by atoms with van der Waals surface area (Å²) in [4.78, 5) is 24.3. The third kappa shape index (κ3) is 14.0. The Morgan fingerprint density at radius 2 is 1.69 bits per heavy atom. The van der Waals surface area contributed by atoms with E-state index in [1.54, 1.807) is 13.1 Å². The molecular weight excluding hydrogens is 594 g/mol. The largest absolute Gasteiger partial charge is 0.381 e. The smallest absolute Gasteiger partial charge is 0.168 e. The van der Waals surface area contributed by atoms with Crippen molar-refractivity contribution in [3.63, 3.8) is 0 Å². The van der Waals surface area contributed by atoms with Gasteiger partial charge in [0.05, 0.1) is 0 Å². The van der Waals surface area contributed by atoms with Gasteiger partial charge in [-0.2, -0.15) is 5.10 Å². The minimum Gasteiger partial charge on any atom is -0.381 e. The fraction of sp³-hybridized carbons (Fsp3) is 0.488. The normalized spacial score (nSPS) is 14.7. The lowest BCUT2D eigenvalue weighted by Crippen LogP contribution is -2.42. The third-order valence-electron chi connectivity index (χ3n) is 8.46. The number of likely N-dealkylation sites (N-methyl/N-ethyl adjacent to an activating group) is 1. The summed E-state index contributed by atoms with van der Waals surface area (Å²) in [6.45, 7) is 13.8. The molecule has 1 aromatic heterocycles. The highest BCUT2D eigenvalue weighted by molar-refractivity contribution is 6.04. The number of aldehydes is 2. The number of benzene rings is 2. The number of aryl methyl sites for hydroxylation is 2. The lowest BCUT2D eigenvalue weighted by molar-refractivity contribution is -0.104. The summed E-state index contributed by atoms with van der Waals surface area (Å²) in [5, 5.41) is 4.19. The van der Waals surface area contributed by atoms with Gasteiger partial charge in [-0.15, -0.1) is 0 Å². The van der Waals surface area contributed by atoms with Gasteiger partial charge in [0.15, 0.2) is 12.1 Å². The zero-order valence-corrected chi connectivity index (χ0v) is 31.0. The minimum absolute atomic E-state index is 0.323. The Bertz CT molecular complexity index is 1350. The first-order valence-electron chi connectivity index (χ1n) is 18.0. The number of hydrogen-bond donors (Lipinski definition) is 2. The van der Waals surface area contributed by atoms with E-state index in [9.17, 15) is 9.59 Å². The fourth-order valence-electron chi connectivity index (χ4n) is 5.62. The standard InChI is InChI=1S/C25H38N4O.C7H11NO.C7H8.C2H6/c1-5-8-9-10-12-20(7-3)22-17-29(21-15-13-19(11-6-2)14-16-21)24(23(22)18-30)25(26)28-27-4;1-8-5-4-7(8)3-2-6-9;1-7-5-3-2-4-6-7;1-2/h13-18,20,27H,5-12H2,1-4H3,(H2,26,28);2-3,6-7H,4-5H2,1H3;2-6H,1H3;1-2H3/b;3-2+;;. The van der Waals surface area contributed by atoms with Crippen molar-refractivity contribution in [2.24, 2.45) is 10.8 Å². The van der Waals surface area contributed by atoms with Crippen LogP contribution in [0.5, 0.6) is 0 Å². The second-order valence-electron chi connectivity index (χ2n) is 11.9. The molecule has 3 N–H and O–H groups in total. The summed E-state index contributed by atoms with van der Waals surface area (Å²) < 4.78 is 2.03. The van der Waals surface area contributed by atoms with E-state index in [1.165, 1.54) is 43.2 Å². The van der Waals surface area contributed by atoms with Gasteiger partial charge in [-0.05, 0) is 74.9 Å². The number of likely N-dealkylation sites (tertiary alicyclic amines) is 1. The van der Waals surface area contributed by atoms with Crippen LogP contribution >= 0.6 is 0 Å². The molecule has 0 saturated carbocycles. The molecule has 0 spiro atoms. The van der Waals surface area contributed by atoms with E-state index in [0.717, 1.165) is 56.1 Å². The Morgan fingerprint density at radius 3 is 2.15 bits per heavy atom. The summed E-state index contributed by atoms with van der Waals surface area (Å²) in [7, 11) is 3.77. The summed E-state index contributed by atoms with van der Waals surface area (Å²) in [5.41, 5.74) is 15.1. The first-order valence-corrected chi connectivity index (χ1v) is 18.0. The molecule has 2 aromatic carbocycles. The lowest BCUT2D eigenvalue weighted by Gasteiger charge is -2.35. The molecule has 2 atom stereocenters. The molecule has 48 heavy (non-hydrogen) atoms. The minimum atomic E-state index is 0.323. The number of rotatable bonds is 15. The Labute approximate surface area is 291 Å². The van der Waals surface area contributed by atoms with Crippen molar-refractivity contribution in [2.75, 3.05) is 20.6 Å². The van der Waals surface area contributed by atoms with Gasteiger partial charge >= 0.3 is 0 Å². The molecule has 2 unspecified atom stereocenters. The van der Waals surface area contributed by atoms with E-state index in [-0.39, 0.29) is 0 Å². The molecule has 0 radical (unpaired) electrons. The van der Waals surface area contributed by atoms with Gasteiger partial charge in [-0.1, -0.05) is 121 Å². The Kier molecular flexibility index (Phi) is 22.0. The van der Waals surface area contributed by atoms with Crippen LogP contribution in [0.25, 0.3) is 5.69 Å². The number of nitrogens with two attached hydrogens (primary N) is 1. The number of carbonyl (C=O) groups excluding carboxylic acids is 2. The molecule has 7 heteroatoms. The fourth-order valence-corrected chi connectivity index (χ4v) is 5.62. The lowest BCUT2D eigenvalue weighted by atomic mass is 9.89. The number of unbranched alkanes of at least 4 members (excludes halogenated alkanes) is 3. The second kappa shape index (κ2) is 25.1. The van der Waals surface area contributed by atoms with Crippen molar-refractivity contribution in [3.8, 4) is 5.69 Å². The molecular formula is C41H63N5O2. The predicted molar refractivity (Wildman–Crippen MR) is 205 cm³/mol. The first kappa shape index (κ1) is 42.1. The summed E-state index contributed by atoms with van der Waals surface area (Å²) in [6, 6.07) is 19.3. The van der Waals surface area contributed by atoms with Crippen LogP contribution in [-0.2, 0) is 11.2 Å². The number of carbonyl (C=O) groups is 2. The zero-order valence-electron chi connectivity index (χ0n) is 31.0. The van der Waals surface area contributed by atoms with Crippen molar-refractivity contribution in [3.05, 3.63) is 101 Å². The third-order valence-corrected chi connectivity index (χ3v) is 8.46. The summed E-state index contributed by atoms with van der Waals surface area (Å²) in [6.07, 6.45) is 17.7. The molecule has 1 aliphatic heterocycles. The van der Waals surface area contributed by atoms with Crippen LogP contribution in [-0.4, -0.2) is 54.6 Å². The second-order valence-corrected chi connectivity index (χ2v) is 11.9. The van der Waals surface area contributed by atoms with E-state index in [4.69, 9.17) is 5.73 Å². The molecule has 0 aliphatic carbocycles. The number of amidine groups is 1. The topological polar surface area (TPSA) is 92.7 Å². The van der Waals surface area contributed by atoms with Crippen LogP contribution in [0, 0.1) is 6.92 Å². The Hall–Kier alpha value is -3.97. The van der Waals surface area contributed by atoms with Crippen molar-refractivity contribution in [2.45, 2.75) is 111 Å². The number of nitrogens with zero attached hydrogens (tertiary/aromatic N) is 3. The number of hydrogen-bond acceptors (Lipinski definition) is 5. The molecule has 7 nitrogen and oxygen atoms in total. The molecule has 0 amide bonds. The van der Waals surface area contributed by atoms with Crippen molar-refractivity contribution in [1.29, 1.82) is 0 Å². The number of aromatic nitrogens is 1. The monoisotopic (exact) mass is 657 g/mol. The van der Waals surface area contributed by atoms with Crippen LogP contribution < -0.4 is 11.2 Å². The van der Waals surface area contributed by atoms with E-state index in [1.807, 2.05) is 42.7 Å². The van der Waals surface area contributed by atoms with Crippen LogP contribution in [0.2, 0.25) is 0 Å². The molecule has 1 aliphatic rings. The van der Waals surface area contributed by atoms with Gasteiger partial charge in [0.2, 0.25) is 0 Å². The van der Waals surface area contributed by atoms with Crippen LogP contribution in [0.15, 0.2) is 78.0 Å². The maximum Gasteiger partial charge on any atom is 0.168 e. The SMILES string of the molecule is CC.CCCCCCC(CC)c1cn(-c2ccc(CCC)cc2)c(/C(N)=N\NC)c1C=O.CN1CCC1/C=C/C=O.Cc1ccccc1. The van der Waals surface area contributed by atoms with E-state index in [2.05, 4.69) is 92.8 Å².